The number of fused-ring (bicyclic) bond motifs is 1. The summed E-state index contributed by atoms with van der Waals surface area (Å²) in [5, 5.41) is 14.1. The molecule has 0 spiro atoms. The zero-order chi connectivity index (χ0) is 16.6. The summed E-state index contributed by atoms with van der Waals surface area (Å²) in [5.41, 5.74) is 0.938. The number of benzene rings is 2. The average molecular weight is 316 g/mol. The Hall–Kier alpha value is -3.09. The number of ether oxygens (including phenoxy) is 2. The molecule has 23 heavy (non-hydrogen) atoms. The fraction of sp³-hybridized carbons (Fsp3) is 0.125. The van der Waals surface area contributed by atoms with Crippen molar-refractivity contribution in [1.82, 2.24) is 9.78 Å². The number of aromatic nitrogens is 2. The molecule has 0 aliphatic carbocycles. The maximum Gasteiger partial charge on any atom is 0.341 e. The van der Waals surface area contributed by atoms with Crippen molar-refractivity contribution in [2.24, 2.45) is 7.05 Å². The molecule has 1 heterocycles. The molecule has 0 atom stereocenters. The smallest absolute Gasteiger partial charge is 0.341 e. The summed E-state index contributed by atoms with van der Waals surface area (Å²) in [6.07, 6.45) is 1.62. The van der Waals surface area contributed by atoms with Crippen LogP contribution in [-0.2, 0) is 11.8 Å². The van der Waals surface area contributed by atoms with Crippen LogP contribution in [0.2, 0.25) is 0 Å². The lowest BCUT2D eigenvalue weighted by Crippen LogP contribution is -2.04. The van der Waals surface area contributed by atoms with E-state index in [4.69, 9.17) is 9.47 Å². The van der Waals surface area contributed by atoms with Gasteiger partial charge in [0.1, 0.15) is 17.1 Å². The van der Waals surface area contributed by atoms with Gasteiger partial charge in [0.05, 0.1) is 18.8 Å². The van der Waals surface area contributed by atoms with Gasteiger partial charge >= 0.3 is 5.97 Å². The first-order chi connectivity index (χ1) is 11.0. The molecule has 0 unspecified atom stereocenters. The molecule has 0 aliphatic heterocycles. The first-order valence-electron chi connectivity index (χ1n) is 6.70. The van der Waals surface area contributed by atoms with Gasteiger partial charge in [0.2, 0.25) is 0 Å². The molecule has 0 radical (unpaired) electrons. The highest BCUT2D eigenvalue weighted by Gasteiger charge is 2.17. The van der Waals surface area contributed by atoms with E-state index in [2.05, 4.69) is 5.10 Å². The molecular weight excluding hydrogens is 303 g/mol. The summed E-state index contributed by atoms with van der Waals surface area (Å²) >= 11 is 0. The van der Waals surface area contributed by atoms with Crippen molar-refractivity contribution >= 4 is 16.9 Å². The summed E-state index contributed by atoms with van der Waals surface area (Å²) in [6.45, 7) is 0. The SMILES string of the molecule is COC(=O)c1cc2cnn(C)c2cc1Oc1ccc(O)c(F)c1. The van der Waals surface area contributed by atoms with E-state index in [-0.39, 0.29) is 17.1 Å². The van der Waals surface area contributed by atoms with E-state index in [1.165, 1.54) is 19.2 Å². The van der Waals surface area contributed by atoms with Gasteiger partial charge in [-0.2, -0.15) is 5.10 Å². The minimum absolute atomic E-state index is 0.145. The van der Waals surface area contributed by atoms with Crippen LogP contribution in [0, 0.1) is 5.82 Å². The molecule has 3 aromatic rings. The highest BCUT2D eigenvalue weighted by Crippen LogP contribution is 2.32. The van der Waals surface area contributed by atoms with Crippen LogP contribution in [0.25, 0.3) is 10.9 Å². The number of carbonyl (C=O) groups is 1. The van der Waals surface area contributed by atoms with E-state index in [1.807, 2.05) is 0 Å². The van der Waals surface area contributed by atoms with E-state index in [9.17, 15) is 14.3 Å². The fourth-order valence-corrected chi connectivity index (χ4v) is 2.21. The van der Waals surface area contributed by atoms with Crippen molar-refractivity contribution in [3.05, 3.63) is 47.9 Å². The zero-order valence-corrected chi connectivity index (χ0v) is 12.4. The van der Waals surface area contributed by atoms with E-state index >= 15 is 0 Å². The number of carbonyl (C=O) groups excluding carboxylic acids is 1. The van der Waals surface area contributed by atoms with Crippen LogP contribution in [0.1, 0.15) is 10.4 Å². The number of phenolic OH excluding ortho intramolecular Hbond substituents is 1. The molecule has 0 saturated heterocycles. The number of halogens is 1. The summed E-state index contributed by atoms with van der Waals surface area (Å²) in [5.74, 6) is -1.52. The highest BCUT2D eigenvalue weighted by molar-refractivity contribution is 5.97. The van der Waals surface area contributed by atoms with Crippen LogP contribution >= 0.6 is 0 Å². The molecule has 0 saturated carbocycles. The molecule has 0 amide bonds. The van der Waals surface area contributed by atoms with Gasteiger partial charge < -0.3 is 14.6 Å². The molecular formula is C16H13FN2O4. The number of aryl methyl sites for hydroxylation is 1. The first kappa shape index (κ1) is 14.8. The number of methoxy groups -OCH3 is 1. The Morgan fingerprint density at radius 3 is 2.78 bits per heavy atom. The van der Waals surface area contributed by atoms with E-state index in [0.717, 1.165) is 17.0 Å². The third-order valence-electron chi connectivity index (χ3n) is 3.40. The third-order valence-corrected chi connectivity index (χ3v) is 3.40. The number of esters is 1. The summed E-state index contributed by atoms with van der Waals surface area (Å²) in [4.78, 5) is 12.0. The molecule has 1 N–H and O–H groups in total. The lowest BCUT2D eigenvalue weighted by Gasteiger charge is -2.11. The third kappa shape index (κ3) is 2.68. The summed E-state index contributed by atoms with van der Waals surface area (Å²) < 4.78 is 25.4. The Morgan fingerprint density at radius 1 is 1.30 bits per heavy atom. The van der Waals surface area contributed by atoms with Crippen molar-refractivity contribution < 1.29 is 23.8 Å². The largest absolute Gasteiger partial charge is 0.505 e. The molecule has 0 fully saturated rings. The lowest BCUT2D eigenvalue weighted by atomic mass is 10.1. The van der Waals surface area contributed by atoms with Crippen molar-refractivity contribution in [2.45, 2.75) is 0 Å². The summed E-state index contributed by atoms with van der Waals surface area (Å²) in [6, 6.07) is 6.82. The van der Waals surface area contributed by atoms with Gasteiger partial charge in [-0.25, -0.2) is 9.18 Å². The standard InChI is InChI=1S/C16H13FN2O4/c1-19-13-7-15(23-10-3-4-14(20)12(17)6-10)11(16(21)22-2)5-9(13)8-18-19/h3-8,20H,1-2H3. The van der Waals surface area contributed by atoms with Gasteiger partial charge in [0.25, 0.3) is 0 Å². The van der Waals surface area contributed by atoms with Gasteiger partial charge in [-0.3, -0.25) is 4.68 Å². The lowest BCUT2D eigenvalue weighted by molar-refractivity contribution is 0.0598. The number of phenols is 1. The van der Waals surface area contributed by atoms with E-state index < -0.39 is 17.5 Å². The Bertz CT molecular complexity index is 904. The summed E-state index contributed by atoms with van der Waals surface area (Å²) in [7, 11) is 3.02. The predicted molar refractivity (Wildman–Crippen MR) is 80.2 cm³/mol. The molecule has 6 nitrogen and oxygen atoms in total. The number of nitrogens with zero attached hydrogens (tertiary/aromatic N) is 2. The second-order valence-electron chi connectivity index (χ2n) is 4.88. The fourth-order valence-electron chi connectivity index (χ4n) is 2.21. The van der Waals surface area contributed by atoms with Crippen LogP contribution < -0.4 is 4.74 Å². The number of hydrogen-bond acceptors (Lipinski definition) is 5. The Balaban J connectivity index is 2.11. The second-order valence-corrected chi connectivity index (χ2v) is 4.88. The maximum absolute atomic E-state index is 13.4. The predicted octanol–water partition coefficient (Wildman–Crippen LogP) is 3.00. The molecule has 7 heteroatoms. The minimum atomic E-state index is -0.816. The van der Waals surface area contributed by atoms with Crippen LogP contribution in [0.3, 0.4) is 0 Å². The van der Waals surface area contributed by atoms with Gasteiger partial charge in [0.15, 0.2) is 11.6 Å². The first-order valence-corrected chi connectivity index (χ1v) is 6.70. The Labute approximate surface area is 130 Å². The van der Waals surface area contributed by atoms with Gasteiger partial charge in [-0.1, -0.05) is 0 Å². The molecule has 0 aliphatic rings. The molecule has 118 valence electrons. The van der Waals surface area contributed by atoms with Crippen molar-refractivity contribution in [1.29, 1.82) is 0 Å². The minimum Gasteiger partial charge on any atom is -0.505 e. The number of aromatic hydroxyl groups is 1. The average Bonchev–Trinajstić information content (AvgIpc) is 2.90. The normalized spacial score (nSPS) is 10.7. The maximum atomic E-state index is 13.4. The molecule has 3 rings (SSSR count). The van der Waals surface area contributed by atoms with Gasteiger partial charge in [-0.05, 0) is 18.2 Å². The Morgan fingerprint density at radius 2 is 2.09 bits per heavy atom. The molecule has 0 bridgehead atoms. The van der Waals surface area contributed by atoms with Crippen LogP contribution in [0.15, 0.2) is 36.5 Å². The monoisotopic (exact) mass is 316 g/mol. The zero-order valence-electron chi connectivity index (χ0n) is 12.4. The quantitative estimate of drug-likeness (QED) is 0.752. The number of rotatable bonds is 3. The van der Waals surface area contributed by atoms with Crippen molar-refractivity contribution in [3.63, 3.8) is 0 Å². The van der Waals surface area contributed by atoms with Crippen LogP contribution in [0.4, 0.5) is 4.39 Å². The topological polar surface area (TPSA) is 73.6 Å². The van der Waals surface area contributed by atoms with E-state index in [0.29, 0.717) is 0 Å². The van der Waals surface area contributed by atoms with Gasteiger partial charge in [0, 0.05) is 24.6 Å². The van der Waals surface area contributed by atoms with E-state index in [1.54, 1.807) is 30.1 Å². The van der Waals surface area contributed by atoms with Gasteiger partial charge in [-0.15, -0.1) is 0 Å². The second kappa shape index (κ2) is 5.60. The number of hydrogen-bond donors (Lipinski definition) is 1. The van der Waals surface area contributed by atoms with Crippen LogP contribution in [0.5, 0.6) is 17.2 Å². The molecule has 2 aromatic carbocycles. The van der Waals surface area contributed by atoms with Crippen LogP contribution in [-0.4, -0.2) is 28.0 Å². The molecule has 1 aromatic heterocycles. The van der Waals surface area contributed by atoms with Crippen molar-refractivity contribution in [2.75, 3.05) is 7.11 Å². The van der Waals surface area contributed by atoms with Crippen molar-refractivity contribution in [3.8, 4) is 17.2 Å². The Kier molecular flexibility index (Phi) is 3.61. The highest BCUT2D eigenvalue weighted by atomic mass is 19.1.